The van der Waals surface area contributed by atoms with Crippen LogP contribution in [0.3, 0.4) is 0 Å². The first kappa shape index (κ1) is 30.3. The van der Waals surface area contributed by atoms with Crippen LogP contribution >= 0.6 is 35.0 Å². The number of ether oxygens (including phenoxy) is 1. The van der Waals surface area contributed by atoms with E-state index in [2.05, 4.69) is 5.32 Å². The third kappa shape index (κ3) is 8.66. The molecule has 4 rings (SSSR count). The summed E-state index contributed by atoms with van der Waals surface area (Å²) in [6.45, 7) is 0.149. The molecular formula is C32H36Cl2N2O3S. The van der Waals surface area contributed by atoms with Gasteiger partial charge in [-0.25, -0.2) is 0 Å². The number of nitrogens with zero attached hydrogens (tertiary/aromatic N) is 1. The zero-order chi connectivity index (χ0) is 28.3. The maximum absolute atomic E-state index is 13.9. The van der Waals surface area contributed by atoms with Crippen molar-refractivity contribution in [1.29, 1.82) is 0 Å². The van der Waals surface area contributed by atoms with Gasteiger partial charge in [0.05, 0.1) is 12.9 Å². The molecule has 0 heterocycles. The molecule has 0 aromatic heterocycles. The number of carbonyl (C=O) groups is 2. The number of thioether (sulfide) groups is 1. The molecule has 3 aromatic carbocycles. The van der Waals surface area contributed by atoms with Crippen molar-refractivity contribution in [2.45, 2.75) is 62.9 Å². The Labute approximate surface area is 251 Å². The highest BCUT2D eigenvalue weighted by Crippen LogP contribution is 2.28. The highest BCUT2D eigenvalue weighted by atomic mass is 35.5. The van der Waals surface area contributed by atoms with E-state index in [9.17, 15) is 9.59 Å². The number of hydrogen-bond donors (Lipinski definition) is 1. The molecule has 8 heteroatoms. The summed E-state index contributed by atoms with van der Waals surface area (Å²) < 4.78 is 5.24. The molecule has 1 aliphatic carbocycles. The van der Waals surface area contributed by atoms with Gasteiger partial charge >= 0.3 is 0 Å². The van der Waals surface area contributed by atoms with Crippen LogP contribution in [0.15, 0.2) is 72.8 Å². The van der Waals surface area contributed by atoms with E-state index in [-0.39, 0.29) is 30.2 Å². The van der Waals surface area contributed by atoms with E-state index in [1.54, 1.807) is 30.2 Å². The molecule has 1 unspecified atom stereocenters. The van der Waals surface area contributed by atoms with Crippen LogP contribution in [0.25, 0.3) is 0 Å². The van der Waals surface area contributed by atoms with Gasteiger partial charge in [-0.15, -0.1) is 11.8 Å². The van der Waals surface area contributed by atoms with Crippen molar-refractivity contribution in [1.82, 2.24) is 10.2 Å². The maximum atomic E-state index is 13.9. The van der Waals surface area contributed by atoms with Crippen LogP contribution in [0.4, 0.5) is 0 Å². The lowest BCUT2D eigenvalue weighted by Crippen LogP contribution is -2.53. The number of hydrogen-bond acceptors (Lipinski definition) is 4. The highest BCUT2D eigenvalue weighted by molar-refractivity contribution is 7.99. The van der Waals surface area contributed by atoms with Crippen LogP contribution in [-0.2, 0) is 28.3 Å². The molecule has 0 aliphatic heterocycles. The summed E-state index contributed by atoms with van der Waals surface area (Å²) in [7, 11) is 1.64. The molecule has 1 fully saturated rings. The molecule has 1 N–H and O–H groups in total. The van der Waals surface area contributed by atoms with Gasteiger partial charge in [-0.05, 0) is 48.2 Å². The molecule has 1 saturated carbocycles. The fourth-order valence-electron chi connectivity index (χ4n) is 5.01. The van der Waals surface area contributed by atoms with Crippen LogP contribution < -0.4 is 10.1 Å². The quantitative estimate of drug-likeness (QED) is 0.237. The first-order valence-corrected chi connectivity index (χ1v) is 15.6. The molecule has 0 saturated heterocycles. The van der Waals surface area contributed by atoms with E-state index in [1.165, 1.54) is 18.2 Å². The van der Waals surface area contributed by atoms with Gasteiger partial charge in [0.2, 0.25) is 11.8 Å². The summed E-state index contributed by atoms with van der Waals surface area (Å²) in [5, 5.41) is 4.21. The van der Waals surface area contributed by atoms with Crippen LogP contribution in [-0.4, -0.2) is 41.7 Å². The number of amides is 2. The molecule has 0 bridgehead atoms. The van der Waals surface area contributed by atoms with Crippen molar-refractivity contribution in [3.05, 3.63) is 99.5 Å². The van der Waals surface area contributed by atoms with Gasteiger partial charge in [-0.2, -0.15) is 0 Å². The van der Waals surface area contributed by atoms with Crippen LogP contribution in [0, 0.1) is 0 Å². The zero-order valence-electron chi connectivity index (χ0n) is 22.8. The van der Waals surface area contributed by atoms with Gasteiger partial charge in [0, 0.05) is 40.4 Å². The molecule has 212 valence electrons. The Bertz CT molecular complexity index is 1230. The fourth-order valence-corrected chi connectivity index (χ4v) is 6.40. The van der Waals surface area contributed by atoms with Crippen molar-refractivity contribution in [2.75, 3.05) is 12.9 Å². The van der Waals surface area contributed by atoms with Gasteiger partial charge in [0.15, 0.2) is 0 Å². The minimum Gasteiger partial charge on any atom is -0.497 e. The van der Waals surface area contributed by atoms with E-state index in [0.29, 0.717) is 27.8 Å². The number of carbonyl (C=O) groups excluding carboxylic acids is 2. The molecule has 40 heavy (non-hydrogen) atoms. The second-order valence-corrected chi connectivity index (χ2v) is 11.9. The monoisotopic (exact) mass is 598 g/mol. The minimum atomic E-state index is -0.703. The predicted octanol–water partition coefficient (Wildman–Crippen LogP) is 7.32. The average Bonchev–Trinajstić information content (AvgIpc) is 2.97. The number of nitrogens with one attached hydrogen (secondary N) is 1. The molecule has 3 aromatic rings. The normalized spacial score (nSPS) is 14.4. The van der Waals surface area contributed by atoms with E-state index in [1.807, 2.05) is 54.6 Å². The first-order valence-electron chi connectivity index (χ1n) is 13.7. The predicted molar refractivity (Wildman–Crippen MR) is 165 cm³/mol. The topological polar surface area (TPSA) is 58.6 Å². The Kier molecular flexibility index (Phi) is 11.6. The summed E-state index contributed by atoms with van der Waals surface area (Å²) >= 11 is 14.6. The van der Waals surface area contributed by atoms with Crippen LogP contribution in [0.1, 0.15) is 48.8 Å². The van der Waals surface area contributed by atoms with Gasteiger partial charge < -0.3 is 15.0 Å². The highest BCUT2D eigenvalue weighted by Gasteiger charge is 2.32. The second kappa shape index (κ2) is 15.4. The van der Waals surface area contributed by atoms with Crippen molar-refractivity contribution in [2.24, 2.45) is 0 Å². The summed E-state index contributed by atoms with van der Waals surface area (Å²) in [6.07, 6.45) is 5.73. The summed E-state index contributed by atoms with van der Waals surface area (Å²) in [6, 6.07) is 22.4. The van der Waals surface area contributed by atoms with Crippen molar-refractivity contribution in [3.8, 4) is 5.75 Å². The van der Waals surface area contributed by atoms with Crippen molar-refractivity contribution >= 4 is 46.8 Å². The van der Waals surface area contributed by atoms with E-state index in [4.69, 9.17) is 27.9 Å². The summed E-state index contributed by atoms with van der Waals surface area (Å²) in [5.41, 5.74) is 2.72. The van der Waals surface area contributed by atoms with Crippen LogP contribution in [0.2, 0.25) is 10.0 Å². The van der Waals surface area contributed by atoms with E-state index >= 15 is 0 Å². The number of rotatable bonds is 12. The minimum absolute atomic E-state index is 0.129. The molecule has 2 amide bonds. The Morgan fingerprint density at radius 1 is 0.925 bits per heavy atom. The SMILES string of the molecule is COc1ccc(CSCC(=O)N(Cc2c(Cl)cccc2Cl)C(Cc2ccccc2)C(=O)NC2CCCCC2)cc1. The standard InChI is InChI=1S/C32H36Cl2N2O3S/c1-39-26-17-15-24(16-18-26)21-40-22-31(37)36(20-27-28(33)13-8-14-29(27)34)30(19-23-9-4-2-5-10-23)32(38)35-25-11-6-3-7-12-25/h2,4-5,8-10,13-18,25,30H,3,6-7,11-12,19-22H2,1H3,(H,35,38). The zero-order valence-corrected chi connectivity index (χ0v) is 25.1. The van der Waals surface area contributed by atoms with Gasteiger partial charge in [-0.3, -0.25) is 9.59 Å². The molecule has 5 nitrogen and oxygen atoms in total. The molecule has 1 atom stereocenters. The van der Waals surface area contributed by atoms with E-state index in [0.717, 1.165) is 42.6 Å². The maximum Gasteiger partial charge on any atom is 0.243 e. The third-order valence-corrected chi connectivity index (χ3v) is 8.96. The lowest BCUT2D eigenvalue weighted by Gasteiger charge is -2.34. The Morgan fingerprint density at radius 3 is 2.25 bits per heavy atom. The number of methoxy groups -OCH3 is 1. The molecule has 0 spiro atoms. The summed E-state index contributed by atoms with van der Waals surface area (Å²) in [4.78, 5) is 29.5. The fraction of sp³-hybridized carbons (Fsp3) is 0.375. The largest absolute Gasteiger partial charge is 0.497 e. The molecular weight excluding hydrogens is 563 g/mol. The summed E-state index contributed by atoms with van der Waals surface area (Å²) in [5.74, 6) is 1.41. The number of halogens is 2. The Hall–Kier alpha value is -2.67. The lowest BCUT2D eigenvalue weighted by atomic mass is 9.94. The van der Waals surface area contributed by atoms with Gasteiger partial charge in [0.1, 0.15) is 11.8 Å². The molecule has 1 aliphatic rings. The third-order valence-electron chi connectivity index (χ3n) is 7.27. The second-order valence-electron chi connectivity index (χ2n) is 10.1. The van der Waals surface area contributed by atoms with Crippen molar-refractivity contribution in [3.63, 3.8) is 0 Å². The first-order chi connectivity index (χ1) is 19.4. The Morgan fingerprint density at radius 2 is 1.60 bits per heavy atom. The lowest BCUT2D eigenvalue weighted by molar-refractivity contribution is -0.139. The number of benzene rings is 3. The smallest absolute Gasteiger partial charge is 0.243 e. The van der Waals surface area contributed by atoms with Crippen molar-refractivity contribution < 1.29 is 14.3 Å². The van der Waals surface area contributed by atoms with Gasteiger partial charge in [-0.1, -0.05) is 91.0 Å². The van der Waals surface area contributed by atoms with Gasteiger partial charge in [0.25, 0.3) is 0 Å². The Balaban J connectivity index is 1.58. The molecule has 0 radical (unpaired) electrons. The van der Waals surface area contributed by atoms with E-state index < -0.39 is 6.04 Å². The van der Waals surface area contributed by atoms with Crippen LogP contribution in [0.5, 0.6) is 5.75 Å². The average molecular weight is 600 g/mol.